The molecule has 6 heteroatoms. The molecule has 0 radical (unpaired) electrons. The molecule has 30 heavy (non-hydrogen) atoms. The van der Waals surface area contributed by atoms with Gasteiger partial charge in [-0.15, -0.1) is 0 Å². The second-order valence-corrected chi connectivity index (χ2v) is 11.3. The van der Waals surface area contributed by atoms with E-state index in [-0.39, 0.29) is 13.2 Å². The standard InChI is InChI=1S/C24H48NO4P/c1-25(2,3)21-23-29-30(26,27)28-22-17-16-20-24-18-14-12-10-8-6-4-5-7-9-11-13-15-19-24/h20H,4-19,21-23H2,1-3H3/p+1. The van der Waals surface area contributed by atoms with Crippen molar-refractivity contribution in [2.45, 2.75) is 103 Å². The highest BCUT2D eigenvalue weighted by Gasteiger charge is 2.21. The summed E-state index contributed by atoms with van der Waals surface area (Å²) in [7, 11) is 2.14. The van der Waals surface area contributed by atoms with Crippen LogP contribution in [0, 0.1) is 0 Å². The van der Waals surface area contributed by atoms with Crippen molar-refractivity contribution in [1.29, 1.82) is 0 Å². The number of quaternary nitrogens is 1. The molecule has 1 saturated carbocycles. The van der Waals surface area contributed by atoms with E-state index in [1.54, 1.807) is 5.57 Å². The fourth-order valence-corrected chi connectivity index (χ4v) is 4.58. The quantitative estimate of drug-likeness (QED) is 0.179. The zero-order valence-corrected chi connectivity index (χ0v) is 21.0. The lowest BCUT2D eigenvalue weighted by Crippen LogP contribution is -2.37. The van der Waals surface area contributed by atoms with Gasteiger partial charge >= 0.3 is 7.82 Å². The number of phosphoric ester groups is 1. The molecule has 0 aromatic rings. The second-order valence-electron chi connectivity index (χ2n) is 9.90. The third kappa shape index (κ3) is 17.5. The summed E-state index contributed by atoms with van der Waals surface area (Å²) in [5.74, 6) is 0. The van der Waals surface area contributed by atoms with Gasteiger partial charge < -0.3 is 9.38 Å². The molecule has 0 aliphatic heterocycles. The Bertz CT molecular complexity index is 484. The minimum absolute atomic E-state index is 0.224. The van der Waals surface area contributed by atoms with Crippen molar-refractivity contribution in [2.24, 2.45) is 0 Å². The first-order chi connectivity index (χ1) is 14.3. The molecule has 1 N–H and O–H groups in total. The predicted octanol–water partition coefficient (Wildman–Crippen LogP) is 7.01. The summed E-state index contributed by atoms with van der Waals surface area (Å²) in [5, 5.41) is 0. The Labute approximate surface area is 186 Å². The lowest BCUT2D eigenvalue weighted by atomic mass is 9.99. The van der Waals surface area contributed by atoms with Crippen molar-refractivity contribution in [1.82, 2.24) is 0 Å². The highest BCUT2D eigenvalue weighted by atomic mass is 31.2. The Kier molecular flexibility index (Phi) is 15.3. The van der Waals surface area contributed by atoms with Crippen molar-refractivity contribution >= 4 is 7.82 Å². The van der Waals surface area contributed by atoms with Crippen LogP contribution in [-0.2, 0) is 13.6 Å². The van der Waals surface area contributed by atoms with Crippen LogP contribution in [0.3, 0.4) is 0 Å². The van der Waals surface area contributed by atoms with Crippen molar-refractivity contribution in [3.63, 3.8) is 0 Å². The fraction of sp³-hybridized carbons (Fsp3) is 0.917. The van der Waals surface area contributed by atoms with Gasteiger partial charge in [-0.1, -0.05) is 75.9 Å². The minimum atomic E-state index is -3.93. The predicted molar refractivity (Wildman–Crippen MR) is 127 cm³/mol. The lowest BCUT2D eigenvalue weighted by molar-refractivity contribution is -0.870. The number of nitrogens with zero attached hydrogens (tertiary/aromatic N) is 1. The highest BCUT2D eigenvalue weighted by molar-refractivity contribution is 7.47. The molecule has 1 atom stereocenters. The van der Waals surface area contributed by atoms with E-state index in [0.29, 0.717) is 11.0 Å². The maximum atomic E-state index is 11.9. The van der Waals surface area contributed by atoms with Crippen molar-refractivity contribution in [3.8, 4) is 0 Å². The summed E-state index contributed by atoms with van der Waals surface area (Å²) in [5.41, 5.74) is 1.58. The van der Waals surface area contributed by atoms with Crippen LogP contribution < -0.4 is 0 Å². The zero-order valence-electron chi connectivity index (χ0n) is 20.1. The van der Waals surface area contributed by atoms with Gasteiger partial charge in [0.1, 0.15) is 13.2 Å². The Morgan fingerprint density at radius 3 is 1.70 bits per heavy atom. The van der Waals surface area contributed by atoms with E-state index in [1.807, 2.05) is 21.1 Å². The SMILES string of the molecule is C[N+](C)(C)CCOP(=O)(O)OCCCC=C1CCCCCCCCCCCCCC1. The van der Waals surface area contributed by atoms with Crippen LogP contribution in [0.5, 0.6) is 0 Å². The Balaban J connectivity index is 2.29. The largest absolute Gasteiger partial charge is 0.472 e. The van der Waals surface area contributed by atoms with Crippen LogP contribution in [-0.4, -0.2) is 50.3 Å². The number of likely N-dealkylation sites (N-methyl/N-ethyl adjacent to an activating group) is 1. The van der Waals surface area contributed by atoms with Crippen LogP contribution in [0.25, 0.3) is 0 Å². The van der Waals surface area contributed by atoms with E-state index >= 15 is 0 Å². The third-order valence-electron chi connectivity index (χ3n) is 5.80. The maximum Gasteiger partial charge on any atom is 0.472 e. The van der Waals surface area contributed by atoms with Gasteiger partial charge in [0.25, 0.3) is 0 Å². The lowest BCUT2D eigenvalue weighted by Gasteiger charge is -2.24. The highest BCUT2D eigenvalue weighted by Crippen LogP contribution is 2.43. The van der Waals surface area contributed by atoms with Crippen molar-refractivity contribution in [3.05, 3.63) is 11.6 Å². The number of hydrogen-bond acceptors (Lipinski definition) is 3. The van der Waals surface area contributed by atoms with Gasteiger partial charge in [0.05, 0.1) is 27.7 Å². The van der Waals surface area contributed by atoms with Crippen LogP contribution in [0.1, 0.15) is 103 Å². The van der Waals surface area contributed by atoms with Gasteiger partial charge in [-0.05, 0) is 38.5 Å². The van der Waals surface area contributed by atoms with Gasteiger partial charge in [0.2, 0.25) is 0 Å². The Morgan fingerprint density at radius 2 is 1.23 bits per heavy atom. The van der Waals surface area contributed by atoms with E-state index in [4.69, 9.17) is 9.05 Å². The molecule has 0 aromatic heterocycles. The van der Waals surface area contributed by atoms with Gasteiger partial charge in [0.15, 0.2) is 0 Å². The summed E-state index contributed by atoms with van der Waals surface area (Å²) in [6, 6.07) is 0. The van der Waals surface area contributed by atoms with Crippen LogP contribution >= 0.6 is 7.82 Å². The molecule has 1 aliphatic carbocycles. The molecule has 1 unspecified atom stereocenters. The number of allylic oxidation sites excluding steroid dienone is 2. The van der Waals surface area contributed by atoms with E-state index < -0.39 is 7.82 Å². The molecule has 0 aromatic carbocycles. The molecule has 1 rings (SSSR count). The van der Waals surface area contributed by atoms with Crippen LogP contribution in [0.15, 0.2) is 11.6 Å². The van der Waals surface area contributed by atoms with Gasteiger partial charge in [-0.25, -0.2) is 4.57 Å². The normalized spacial score (nSPS) is 20.7. The van der Waals surface area contributed by atoms with Crippen LogP contribution in [0.4, 0.5) is 0 Å². The zero-order chi connectivity index (χ0) is 22.1. The first-order valence-corrected chi connectivity index (χ1v) is 13.9. The Hall–Kier alpha value is -0.190. The first kappa shape index (κ1) is 27.8. The van der Waals surface area contributed by atoms with Gasteiger partial charge in [-0.2, -0.15) is 0 Å². The minimum Gasteiger partial charge on any atom is -0.329 e. The monoisotopic (exact) mass is 446 g/mol. The average Bonchev–Trinajstić information content (AvgIpc) is 2.66. The molecule has 5 nitrogen and oxygen atoms in total. The van der Waals surface area contributed by atoms with Gasteiger partial charge in [-0.3, -0.25) is 9.05 Å². The number of phosphoric acid groups is 1. The fourth-order valence-electron chi connectivity index (χ4n) is 3.84. The smallest absolute Gasteiger partial charge is 0.329 e. The molecule has 0 spiro atoms. The number of rotatable bonds is 9. The van der Waals surface area contributed by atoms with E-state index in [1.165, 1.54) is 89.9 Å². The van der Waals surface area contributed by atoms with E-state index in [9.17, 15) is 9.46 Å². The third-order valence-corrected chi connectivity index (χ3v) is 6.82. The molecule has 1 aliphatic rings. The topological polar surface area (TPSA) is 55.8 Å². The average molecular weight is 447 g/mol. The number of hydrogen-bond donors (Lipinski definition) is 1. The van der Waals surface area contributed by atoms with Crippen molar-refractivity contribution in [2.75, 3.05) is 40.9 Å². The van der Waals surface area contributed by atoms with E-state index in [2.05, 4.69) is 6.08 Å². The molecule has 1 fully saturated rings. The van der Waals surface area contributed by atoms with Crippen LogP contribution in [0.2, 0.25) is 0 Å². The summed E-state index contributed by atoms with van der Waals surface area (Å²) in [4.78, 5) is 9.79. The Morgan fingerprint density at radius 1 is 0.800 bits per heavy atom. The maximum absolute atomic E-state index is 11.9. The molecule has 0 saturated heterocycles. The summed E-state index contributed by atoms with van der Waals surface area (Å²) in [6.45, 7) is 1.16. The molecule has 0 heterocycles. The second kappa shape index (κ2) is 16.4. The molecule has 0 amide bonds. The summed E-state index contributed by atoms with van der Waals surface area (Å²) in [6.07, 6.45) is 23.0. The molecule has 0 bridgehead atoms. The van der Waals surface area contributed by atoms with Gasteiger partial charge in [0, 0.05) is 0 Å². The molecular weight excluding hydrogens is 397 g/mol. The summed E-state index contributed by atoms with van der Waals surface area (Å²) < 4.78 is 22.8. The van der Waals surface area contributed by atoms with Crippen molar-refractivity contribution < 1.29 is 23.0 Å². The molecule has 178 valence electrons. The first-order valence-electron chi connectivity index (χ1n) is 12.4. The van der Waals surface area contributed by atoms with E-state index in [0.717, 1.165) is 12.8 Å². The number of unbranched alkanes of at least 4 members (excludes halogenated alkanes) is 1. The summed E-state index contributed by atoms with van der Waals surface area (Å²) >= 11 is 0. The molecular formula is C24H49NO4P+.